The summed E-state index contributed by atoms with van der Waals surface area (Å²) >= 11 is 0. The zero-order valence-corrected chi connectivity index (χ0v) is 19.6. The Hall–Kier alpha value is -3.08. The number of ether oxygens (including phenoxy) is 3. The first kappa shape index (κ1) is 23.6. The molecule has 2 aromatic carbocycles. The number of sulfonamides is 1. The number of anilines is 1. The van der Waals surface area contributed by atoms with Crippen LogP contribution in [0.1, 0.15) is 11.1 Å². The summed E-state index contributed by atoms with van der Waals surface area (Å²) in [6.45, 7) is 1.07. The second-order valence-electron chi connectivity index (χ2n) is 7.37. The van der Waals surface area contributed by atoms with Crippen molar-refractivity contribution >= 4 is 26.7 Å². The molecular weight excluding hydrogens is 432 g/mol. The number of methoxy groups -OCH3 is 3. The van der Waals surface area contributed by atoms with Gasteiger partial charge in [0.15, 0.2) is 11.5 Å². The molecule has 0 aliphatic heterocycles. The Balaban J connectivity index is 1.92. The molecule has 32 heavy (non-hydrogen) atoms. The zero-order chi connectivity index (χ0) is 23.5. The van der Waals surface area contributed by atoms with E-state index in [1.807, 2.05) is 31.1 Å². The lowest BCUT2D eigenvalue weighted by Gasteiger charge is -2.20. The summed E-state index contributed by atoms with van der Waals surface area (Å²) in [6, 6.07) is 10.3. The summed E-state index contributed by atoms with van der Waals surface area (Å²) in [5, 5.41) is 9.34. The van der Waals surface area contributed by atoms with Gasteiger partial charge in [-0.05, 0) is 23.8 Å². The van der Waals surface area contributed by atoms with E-state index in [-0.39, 0.29) is 4.90 Å². The van der Waals surface area contributed by atoms with Crippen molar-refractivity contribution in [3.63, 3.8) is 0 Å². The number of fused-ring (bicyclic) bond motifs is 1. The fourth-order valence-electron chi connectivity index (χ4n) is 3.48. The maximum absolute atomic E-state index is 11.4. The van der Waals surface area contributed by atoms with Gasteiger partial charge in [0, 0.05) is 44.2 Å². The summed E-state index contributed by atoms with van der Waals surface area (Å²) < 4.78 is 39.4. The maximum Gasteiger partial charge on any atom is 0.238 e. The lowest BCUT2D eigenvalue weighted by Crippen LogP contribution is -2.19. The molecule has 3 aromatic rings. The van der Waals surface area contributed by atoms with Crippen molar-refractivity contribution in [2.75, 3.05) is 40.3 Å². The highest BCUT2D eigenvalue weighted by molar-refractivity contribution is 7.89. The van der Waals surface area contributed by atoms with Crippen LogP contribution in [0.4, 0.5) is 5.82 Å². The number of pyridine rings is 1. The first-order valence-corrected chi connectivity index (χ1v) is 11.4. The number of benzene rings is 2. The summed E-state index contributed by atoms with van der Waals surface area (Å²) in [4.78, 5) is 6.86. The number of nitrogens with two attached hydrogens (primary N) is 1. The lowest BCUT2D eigenvalue weighted by molar-refractivity contribution is 0.327. The highest BCUT2D eigenvalue weighted by Crippen LogP contribution is 2.43. The predicted octanol–water partition coefficient (Wildman–Crippen LogP) is 2.26. The highest BCUT2D eigenvalue weighted by Gasteiger charge is 2.19. The van der Waals surface area contributed by atoms with Crippen LogP contribution in [0.15, 0.2) is 41.3 Å². The van der Waals surface area contributed by atoms with E-state index < -0.39 is 10.0 Å². The zero-order valence-electron chi connectivity index (χ0n) is 18.8. The van der Waals surface area contributed by atoms with Crippen LogP contribution < -0.4 is 29.6 Å². The molecule has 3 N–H and O–H groups in total. The van der Waals surface area contributed by atoms with Gasteiger partial charge in [-0.2, -0.15) is 0 Å². The lowest BCUT2D eigenvalue weighted by atomic mass is 10.1. The van der Waals surface area contributed by atoms with Crippen molar-refractivity contribution < 1.29 is 22.6 Å². The minimum absolute atomic E-state index is 0.0892. The summed E-state index contributed by atoms with van der Waals surface area (Å²) in [7, 11) is 4.89. The minimum atomic E-state index is -3.70. The summed E-state index contributed by atoms with van der Waals surface area (Å²) in [6.07, 6.45) is 0. The third kappa shape index (κ3) is 4.87. The number of rotatable bonds is 9. The van der Waals surface area contributed by atoms with E-state index >= 15 is 0 Å². The number of primary sulfonamides is 1. The molecule has 0 atom stereocenters. The average molecular weight is 461 g/mol. The molecule has 10 heteroatoms. The Labute approximate surface area is 188 Å². The van der Waals surface area contributed by atoms with Crippen molar-refractivity contribution in [3.8, 4) is 17.2 Å². The van der Waals surface area contributed by atoms with Gasteiger partial charge < -0.3 is 24.4 Å². The Bertz CT molecular complexity index is 1210. The van der Waals surface area contributed by atoms with Crippen molar-refractivity contribution in [2.45, 2.75) is 18.0 Å². The first-order valence-electron chi connectivity index (χ1n) is 9.82. The fraction of sp³-hybridized carbons (Fsp3) is 0.318. The van der Waals surface area contributed by atoms with Gasteiger partial charge in [0.2, 0.25) is 15.8 Å². The Kier molecular flexibility index (Phi) is 7.07. The Morgan fingerprint density at radius 1 is 0.969 bits per heavy atom. The molecule has 0 bridgehead atoms. The van der Waals surface area contributed by atoms with Gasteiger partial charge in [-0.1, -0.05) is 12.1 Å². The molecule has 0 unspecified atom stereocenters. The molecule has 0 fully saturated rings. The van der Waals surface area contributed by atoms with Gasteiger partial charge in [-0.25, -0.2) is 18.5 Å². The van der Waals surface area contributed by atoms with Gasteiger partial charge in [-0.3, -0.25) is 0 Å². The molecule has 0 aliphatic rings. The van der Waals surface area contributed by atoms with E-state index in [0.29, 0.717) is 30.3 Å². The quantitative estimate of drug-likeness (QED) is 0.500. The van der Waals surface area contributed by atoms with Gasteiger partial charge in [0.25, 0.3) is 0 Å². The maximum atomic E-state index is 11.4. The Morgan fingerprint density at radius 2 is 1.62 bits per heavy atom. The molecule has 9 nitrogen and oxygen atoms in total. The largest absolute Gasteiger partial charge is 0.493 e. The van der Waals surface area contributed by atoms with Crippen LogP contribution in [0, 0.1) is 0 Å². The monoisotopic (exact) mass is 460 g/mol. The topological polar surface area (TPSA) is 116 Å². The van der Waals surface area contributed by atoms with Gasteiger partial charge >= 0.3 is 0 Å². The van der Waals surface area contributed by atoms with E-state index in [1.165, 1.54) is 12.1 Å². The predicted molar refractivity (Wildman–Crippen MR) is 124 cm³/mol. The van der Waals surface area contributed by atoms with Crippen LogP contribution in [-0.2, 0) is 23.1 Å². The SMILES string of the molecule is COc1cc2nc(N(C)C)c(CNCc3ccc(S(N)(=O)=O)cc3)cc2c(OC)c1OC. The van der Waals surface area contributed by atoms with E-state index in [9.17, 15) is 8.42 Å². The molecule has 1 heterocycles. The number of nitrogens with zero attached hydrogens (tertiary/aromatic N) is 2. The second-order valence-corrected chi connectivity index (χ2v) is 8.93. The van der Waals surface area contributed by atoms with Gasteiger partial charge in [0.05, 0.1) is 31.7 Å². The van der Waals surface area contributed by atoms with Crippen LogP contribution in [0.5, 0.6) is 17.2 Å². The van der Waals surface area contributed by atoms with E-state index in [4.69, 9.17) is 24.3 Å². The first-order chi connectivity index (χ1) is 15.2. The van der Waals surface area contributed by atoms with Crippen LogP contribution in [-0.4, -0.2) is 48.8 Å². The highest BCUT2D eigenvalue weighted by atomic mass is 32.2. The van der Waals surface area contributed by atoms with Crippen LogP contribution in [0.3, 0.4) is 0 Å². The normalized spacial score (nSPS) is 11.4. The third-order valence-corrected chi connectivity index (χ3v) is 5.93. The molecular formula is C22H28N4O5S. The van der Waals surface area contributed by atoms with Crippen LogP contribution in [0.25, 0.3) is 10.9 Å². The van der Waals surface area contributed by atoms with Crippen LogP contribution in [0.2, 0.25) is 0 Å². The van der Waals surface area contributed by atoms with Crippen molar-refractivity contribution in [1.82, 2.24) is 10.3 Å². The molecule has 0 amide bonds. The van der Waals surface area contributed by atoms with Crippen molar-refractivity contribution in [2.24, 2.45) is 5.14 Å². The molecule has 0 spiro atoms. The molecule has 0 aliphatic carbocycles. The standard InChI is InChI=1S/C22H28N4O5S/c1-26(2)22-15(13-24-12-14-6-8-16(9-7-14)32(23,27)28)10-17-18(25-22)11-19(29-3)21(31-5)20(17)30-4/h6-11,24H,12-13H2,1-5H3,(H2,23,27,28). The van der Waals surface area contributed by atoms with E-state index in [0.717, 1.165) is 27.8 Å². The second kappa shape index (κ2) is 9.60. The fourth-order valence-corrected chi connectivity index (χ4v) is 3.99. The average Bonchev–Trinajstić information content (AvgIpc) is 2.76. The third-order valence-electron chi connectivity index (χ3n) is 5.00. The Morgan fingerprint density at radius 3 is 2.16 bits per heavy atom. The van der Waals surface area contributed by atoms with E-state index in [1.54, 1.807) is 33.5 Å². The number of nitrogens with one attached hydrogen (secondary N) is 1. The van der Waals surface area contributed by atoms with Gasteiger partial charge in [-0.15, -0.1) is 0 Å². The van der Waals surface area contributed by atoms with Gasteiger partial charge in [0.1, 0.15) is 5.82 Å². The molecule has 172 valence electrons. The number of aromatic nitrogens is 1. The van der Waals surface area contributed by atoms with Crippen LogP contribution >= 0.6 is 0 Å². The number of hydrogen-bond acceptors (Lipinski definition) is 8. The minimum Gasteiger partial charge on any atom is -0.493 e. The molecule has 0 saturated carbocycles. The molecule has 0 radical (unpaired) electrons. The molecule has 0 saturated heterocycles. The summed E-state index contributed by atoms with van der Waals surface area (Å²) in [5.41, 5.74) is 2.63. The smallest absolute Gasteiger partial charge is 0.238 e. The molecule has 3 rings (SSSR count). The number of hydrogen-bond donors (Lipinski definition) is 2. The molecule has 1 aromatic heterocycles. The van der Waals surface area contributed by atoms with Crippen molar-refractivity contribution in [3.05, 3.63) is 47.5 Å². The summed E-state index contributed by atoms with van der Waals surface area (Å²) in [5.74, 6) is 2.42. The van der Waals surface area contributed by atoms with E-state index in [2.05, 4.69) is 5.32 Å². The van der Waals surface area contributed by atoms with Crippen molar-refractivity contribution in [1.29, 1.82) is 0 Å².